The normalized spacial score (nSPS) is 18.0. The van der Waals surface area contributed by atoms with Crippen LogP contribution in [0.25, 0.3) is 27.6 Å². The van der Waals surface area contributed by atoms with Crippen molar-refractivity contribution in [2.75, 3.05) is 0 Å². The van der Waals surface area contributed by atoms with Gasteiger partial charge in [-0.25, -0.2) is 4.39 Å². The van der Waals surface area contributed by atoms with Crippen molar-refractivity contribution in [3.05, 3.63) is 71.7 Å². The number of pyridine rings is 1. The van der Waals surface area contributed by atoms with Crippen LogP contribution >= 0.6 is 0 Å². The summed E-state index contributed by atoms with van der Waals surface area (Å²) in [6.45, 7) is 13.3. The van der Waals surface area contributed by atoms with Gasteiger partial charge in [-0.05, 0) is 22.6 Å². The van der Waals surface area contributed by atoms with Crippen LogP contribution in [0.5, 0.6) is 0 Å². The van der Waals surface area contributed by atoms with Crippen molar-refractivity contribution >= 4 is 16.3 Å². The van der Waals surface area contributed by atoms with Gasteiger partial charge in [0.05, 0.1) is 10.9 Å². The lowest BCUT2D eigenvalue weighted by atomic mass is 9.64. The Kier molecular flexibility index (Phi) is 3.13. The van der Waals surface area contributed by atoms with Crippen LogP contribution in [-0.4, -0.2) is 0 Å². The van der Waals surface area contributed by atoms with Crippen molar-refractivity contribution in [1.29, 1.82) is 0 Å². The highest BCUT2D eigenvalue weighted by atomic mass is 19.1. The molecule has 5 rings (SSSR count). The Morgan fingerprint density at radius 2 is 1.78 bits per heavy atom. The van der Waals surface area contributed by atoms with Gasteiger partial charge >= 0.3 is 0 Å². The van der Waals surface area contributed by atoms with Gasteiger partial charge in [0.15, 0.2) is 11.7 Å². The van der Waals surface area contributed by atoms with E-state index in [1.807, 2.05) is 6.07 Å². The molecule has 1 aliphatic heterocycles. The molecule has 27 heavy (non-hydrogen) atoms. The molecule has 0 saturated heterocycles. The summed E-state index contributed by atoms with van der Waals surface area (Å²) in [7, 11) is 0. The molecule has 2 heterocycles. The van der Waals surface area contributed by atoms with Gasteiger partial charge in [-0.15, -0.1) is 0 Å². The first-order chi connectivity index (χ1) is 12.9. The number of rotatable bonds is 2. The minimum atomic E-state index is -0.389. The van der Waals surface area contributed by atoms with Gasteiger partial charge in [0, 0.05) is 35.5 Å². The minimum Gasteiger partial charge on any atom is -0.207 e. The van der Waals surface area contributed by atoms with Crippen LogP contribution < -0.4 is 4.57 Å². The van der Waals surface area contributed by atoms with Gasteiger partial charge in [0.25, 0.3) is 0 Å². The fraction of sp³-hybridized carbons (Fsp3) is 0.320. The first-order valence-electron chi connectivity index (χ1n) is 9.90. The second kappa shape index (κ2) is 5.07. The van der Waals surface area contributed by atoms with Crippen molar-refractivity contribution in [1.82, 2.24) is 0 Å². The Morgan fingerprint density at radius 3 is 2.48 bits per heavy atom. The van der Waals surface area contributed by atoms with Crippen LogP contribution in [0, 0.1) is 5.82 Å². The average molecular weight is 358 g/mol. The third-order valence-corrected chi connectivity index (χ3v) is 7.18. The highest BCUT2D eigenvalue weighted by Crippen LogP contribution is 2.54. The summed E-state index contributed by atoms with van der Waals surface area (Å²) in [6.07, 6.45) is 4.11. The molecule has 0 spiro atoms. The Bertz CT molecular complexity index is 1150. The zero-order valence-electron chi connectivity index (χ0n) is 16.5. The van der Waals surface area contributed by atoms with E-state index in [9.17, 15) is 0 Å². The molecule has 3 aromatic rings. The molecule has 0 fully saturated rings. The number of allylic oxidation sites excluding steroid dienone is 1. The summed E-state index contributed by atoms with van der Waals surface area (Å²) >= 11 is 0. The maximum Gasteiger partial charge on any atom is 0.222 e. The molecule has 0 bridgehead atoms. The van der Waals surface area contributed by atoms with Gasteiger partial charge in [0.2, 0.25) is 5.69 Å². The second-order valence-electron chi connectivity index (χ2n) is 8.49. The third-order valence-electron chi connectivity index (χ3n) is 7.18. The van der Waals surface area contributed by atoms with E-state index in [1.165, 1.54) is 22.0 Å². The monoisotopic (exact) mass is 358 g/mol. The van der Waals surface area contributed by atoms with Crippen LogP contribution in [0.1, 0.15) is 57.2 Å². The molecule has 136 valence electrons. The van der Waals surface area contributed by atoms with E-state index in [-0.39, 0.29) is 16.8 Å². The maximum atomic E-state index is 15.2. The minimum absolute atomic E-state index is 0.120. The van der Waals surface area contributed by atoms with Crippen molar-refractivity contribution in [2.24, 2.45) is 0 Å². The number of hydrogen-bond acceptors (Lipinski definition) is 0. The highest BCUT2D eigenvalue weighted by molar-refractivity contribution is 6.03. The smallest absolute Gasteiger partial charge is 0.207 e. The average Bonchev–Trinajstić information content (AvgIpc) is 2.66. The fourth-order valence-electron chi connectivity index (χ4n) is 5.68. The number of hydrogen-bond donors (Lipinski definition) is 0. The molecule has 0 amide bonds. The van der Waals surface area contributed by atoms with Crippen molar-refractivity contribution in [3.8, 4) is 11.3 Å². The molecule has 0 radical (unpaired) electrons. The van der Waals surface area contributed by atoms with E-state index in [0.717, 1.165) is 35.1 Å². The molecule has 0 N–H and O–H groups in total. The summed E-state index contributed by atoms with van der Waals surface area (Å²) in [5.41, 5.74) is 5.90. The summed E-state index contributed by atoms with van der Waals surface area (Å²) in [5, 5.41) is 2.49. The van der Waals surface area contributed by atoms with Crippen molar-refractivity contribution in [3.63, 3.8) is 0 Å². The van der Waals surface area contributed by atoms with Crippen molar-refractivity contribution < 1.29 is 8.96 Å². The summed E-state index contributed by atoms with van der Waals surface area (Å²) in [6, 6.07) is 12.2. The number of benzene rings is 2. The first-order valence-corrected chi connectivity index (χ1v) is 9.90. The molecule has 0 saturated carbocycles. The van der Waals surface area contributed by atoms with Gasteiger partial charge in [-0.2, -0.15) is 4.57 Å². The van der Waals surface area contributed by atoms with E-state index in [0.29, 0.717) is 0 Å². The summed E-state index contributed by atoms with van der Waals surface area (Å²) in [5.74, 6) is -0.120. The lowest BCUT2D eigenvalue weighted by Gasteiger charge is -2.41. The lowest BCUT2D eigenvalue weighted by Crippen LogP contribution is -2.60. The molecule has 2 aromatic carbocycles. The van der Waals surface area contributed by atoms with Crippen molar-refractivity contribution in [2.45, 2.75) is 51.5 Å². The van der Waals surface area contributed by atoms with Crippen LogP contribution in [-0.2, 0) is 11.0 Å². The lowest BCUT2D eigenvalue weighted by molar-refractivity contribution is -0.740. The number of nitrogens with zero attached hydrogens (tertiary/aromatic N) is 1. The van der Waals surface area contributed by atoms with Gasteiger partial charge < -0.3 is 0 Å². The van der Waals surface area contributed by atoms with Gasteiger partial charge in [-0.3, -0.25) is 0 Å². The van der Waals surface area contributed by atoms with Crippen LogP contribution in [0.4, 0.5) is 4.39 Å². The van der Waals surface area contributed by atoms with E-state index >= 15 is 4.39 Å². The Morgan fingerprint density at radius 1 is 1.04 bits per heavy atom. The van der Waals surface area contributed by atoms with Crippen LogP contribution in [0.3, 0.4) is 0 Å². The fourth-order valence-corrected chi connectivity index (χ4v) is 5.68. The SMILES string of the molecule is C=C1c2ccc(F)c3c2-c2c4c(cccc4cc[n+]2C1(CC)CC)C3(C)C. The topological polar surface area (TPSA) is 3.88 Å². The number of aromatic nitrogens is 1. The summed E-state index contributed by atoms with van der Waals surface area (Å²) in [4.78, 5) is 0. The Labute approximate surface area is 160 Å². The molecule has 2 aliphatic rings. The van der Waals surface area contributed by atoms with Gasteiger partial charge in [-0.1, -0.05) is 58.5 Å². The van der Waals surface area contributed by atoms with E-state index in [2.05, 4.69) is 69.3 Å². The third kappa shape index (κ3) is 1.72. The molecular formula is C25H25FN+. The summed E-state index contributed by atoms with van der Waals surface area (Å²) < 4.78 is 17.6. The standard InChI is InChI=1S/C25H25FN/c1-6-25(7-2)15(3)17-11-12-19(26)22-21(17)23-20-16(13-14-27(23)25)9-8-10-18(20)24(22,4)5/h8-14H,3,6-7H2,1-2,4-5H3/q+1. The van der Waals surface area contributed by atoms with Gasteiger partial charge in [0.1, 0.15) is 5.82 Å². The molecule has 1 nitrogen and oxygen atoms in total. The predicted molar refractivity (Wildman–Crippen MR) is 109 cm³/mol. The largest absolute Gasteiger partial charge is 0.222 e. The maximum absolute atomic E-state index is 15.2. The van der Waals surface area contributed by atoms with E-state index in [1.54, 1.807) is 6.07 Å². The second-order valence-corrected chi connectivity index (χ2v) is 8.49. The van der Waals surface area contributed by atoms with E-state index < -0.39 is 0 Å². The molecule has 2 heteroatoms. The molecule has 1 aromatic heterocycles. The number of halogens is 1. The van der Waals surface area contributed by atoms with E-state index in [4.69, 9.17) is 0 Å². The molecule has 0 atom stereocenters. The molecule has 1 aliphatic carbocycles. The quantitative estimate of drug-likeness (QED) is 0.486. The zero-order chi connectivity index (χ0) is 19.1. The Hall–Kier alpha value is -2.48. The molecule has 0 unspecified atom stereocenters. The van der Waals surface area contributed by atoms with Crippen LogP contribution in [0.15, 0.2) is 49.2 Å². The Balaban J connectivity index is 2.11. The zero-order valence-corrected chi connectivity index (χ0v) is 16.5. The highest BCUT2D eigenvalue weighted by Gasteiger charge is 2.52. The predicted octanol–water partition coefficient (Wildman–Crippen LogP) is 6.11. The van der Waals surface area contributed by atoms with Crippen LogP contribution in [0.2, 0.25) is 0 Å². The molecular weight excluding hydrogens is 333 g/mol. The first kappa shape index (κ1) is 16.7.